The lowest BCUT2D eigenvalue weighted by Gasteiger charge is -2.20. The second-order valence-corrected chi connectivity index (χ2v) is 4.86. The Morgan fingerprint density at radius 3 is 2.61 bits per heavy atom. The quantitative estimate of drug-likeness (QED) is 0.465. The van der Waals surface area contributed by atoms with Crippen molar-refractivity contribution in [3.05, 3.63) is 60.1 Å². The number of rotatable bonds is 6. The first-order valence-electron chi connectivity index (χ1n) is 7.24. The van der Waals surface area contributed by atoms with Gasteiger partial charge in [0.2, 0.25) is 0 Å². The van der Waals surface area contributed by atoms with Crippen molar-refractivity contribution in [1.29, 1.82) is 0 Å². The number of methoxy groups -OCH3 is 1. The molecule has 0 aliphatic heterocycles. The van der Waals surface area contributed by atoms with Crippen LogP contribution in [0.1, 0.15) is 16.1 Å². The van der Waals surface area contributed by atoms with E-state index in [1.165, 1.54) is 6.26 Å². The van der Waals surface area contributed by atoms with Gasteiger partial charge in [0.15, 0.2) is 5.76 Å². The largest absolute Gasteiger partial charge is 0.462 e. The van der Waals surface area contributed by atoms with Gasteiger partial charge in [-0.25, -0.2) is 0 Å². The molecule has 0 unspecified atom stereocenters. The summed E-state index contributed by atoms with van der Waals surface area (Å²) in [6.45, 7) is 1.28. The van der Waals surface area contributed by atoms with Crippen LogP contribution in [0.15, 0.2) is 58.1 Å². The molecule has 0 aliphatic carbocycles. The van der Waals surface area contributed by atoms with Crippen LogP contribution >= 0.6 is 0 Å². The van der Waals surface area contributed by atoms with Crippen LogP contribution in [0.5, 0.6) is 0 Å². The lowest BCUT2D eigenvalue weighted by atomic mass is 10.2. The summed E-state index contributed by atoms with van der Waals surface area (Å²) >= 11 is 0. The van der Waals surface area contributed by atoms with Gasteiger partial charge >= 0.3 is 5.91 Å². The van der Waals surface area contributed by atoms with Crippen molar-refractivity contribution in [2.24, 2.45) is 4.99 Å². The van der Waals surface area contributed by atoms with E-state index in [1.807, 2.05) is 37.4 Å². The van der Waals surface area contributed by atoms with Gasteiger partial charge in [-0.2, -0.15) is 4.99 Å². The minimum absolute atomic E-state index is 0.172. The Morgan fingerprint density at radius 2 is 1.96 bits per heavy atom. The predicted molar refractivity (Wildman–Crippen MR) is 86.2 cm³/mol. The standard InChI is InChI=1S/C17H20N2O4/c1-19(13-14-7-4-3-5-8-14)17(23-12-11-21-2)18-16(20)15-9-6-10-22-15/h3-10H,11-13H2,1-2H3. The van der Waals surface area contributed by atoms with Crippen LogP contribution in [-0.2, 0) is 16.0 Å². The molecule has 23 heavy (non-hydrogen) atoms. The number of amides is 1. The normalized spacial score (nSPS) is 11.3. The van der Waals surface area contributed by atoms with Crippen molar-refractivity contribution in [1.82, 2.24) is 4.90 Å². The molecule has 0 spiro atoms. The van der Waals surface area contributed by atoms with Gasteiger partial charge in [0.1, 0.15) is 6.61 Å². The van der Waals surface area contributed by atoms with Crippen molar-refractivity contribution in [2.75, 3.05) is 27.4 Å². The van der Waals surface area contributed by atoms with Crippen LogP contribution in [0, 0.1) is 0 Å². The molecular formula is C17H20N2O4. The van der Waals surface area contributed by atoms with Crippen molar-refractivity contribution in [3.63, 3.8) is 0 Å². The zero-order valence-electron chi connectivity index (χ0n) is 13.3. The number of nitrogens with zero attached hydrogens (tertiary/aromatic N) is 2. The summed E-state index contributed by atoms with van der Waals surface area (Å²) in [6.07, 6.45) is 1.43. The van der Waals surface area contributed by atoms with E-state index in [0.717, 1.165) is 5.56 Å². The van der Waals surface area contributed by atoms with E-state index < -0.39 is 5.91 Å². The maximum absolute atomic E-state index is 12.1. The van der Waals surface area contributed by atoms with Crippen LogP contribution in [0.2, 0.25) is 0 Å². The zero-order chi connectivity index (χ0) is 16.5. The molecule has 6 heteroatoms. The van der Waals surface area contributed by atoms with Crippen LogP contribution in [0.3, 0.4) is 0 Å². The summed E-state index contributed by atoms with van der Waals surface area (Å²) in [5.74, 6) is -0.312. The summed E-state index contributed by atoms with van der Waals surface area (Å²) in [4.78, 5) is 17.9. The van der Waals surface area contributed by atoms with Crippen LogP contribution < -0.4 is 0 Å². The van der Waals surface area contributed by atoms with E-state index in [9.17, 15) is 4.79 Å². The molecule has 1 amide bonds. The molecule has 2 rings (SSSR count). The van der Waals surface area contributed by atoms with E-state index >= 15 is 0 Å². The van der Waals surface area contributed by atoms with Crippen molar-refractivity contribution >= 4 is 11.9 Å². The van der Waals surface area contributed by atoms with E-state index in [4.69, 9.17) is 13.9 Å². The summed E-state index contributed by atoms with van der Waals surface area (Å²) in [6, 6.07) is 13.3. The molecule has 0 radical (unpaired) electrons. The highest BCUT2D eigenvalue weighted by Gasteiger charge is 2.14. The van der Waals surface area contributed by atoms with Crippen molar-refractivity contribution in [3.8, 4) is 0 Å². The Kier molecular flexibility index (Phi) is 6.38. The molecule has 0 atom stereocenters. The second-order valence-electron chi connectivity index (χ2n) is 4.86. The van der Waals surface area contributed by atoms with Gasteiger partial charge in [-0.3, -0.25) is 4.79 Å². The zero-order valence-corrected chi connectivity index (χ0v) is 13.3. The fourth-order valence-electron chi connectivity index (χ4n) is 1.91. The van der Waals surface area contributed by atoms with Gasteiger partial charge < -0.3 is 18.8 Å². The number of benzene rings is 1. The Morgan fingerprint density at radius 1 is 1.17 bits per heavy atom. The number of aliphatic imine (C=N–C) groups is 1. The van der Waals surface area contributed by atoms with Crippen molar-refractivity contribution in [2.45, 2.75) is 6.54 Å². The van der Waals surface area contributed by atoms with Gasteiger partial charge in [0, 0.05) is 20.7 Å². The van der Waals surface area contributed by atoms with Crippen LogP contribution in [0.4, 0.5) is 0 Å². The van der Waals surface area contributed by atoms with E-state index in [1.54, 1.807) is 24.1 Å². The first kappa shape index (κ1) is 16.8. The number of hydrogen-bond acceptors (Lipinski definition) is 4. The molecule has 2 aromatic rings. The van der Waals surface area contributed by atoms with E-state index in [0.29, 0.717) is 19.8 Å². The lowest BCUT2D eigenvalue weighted by Crippen LogP contribution is -2.30. The predicted octanol–water partition coefficient (Wildman–Crippen LogP) is 2.57. The molecule has 1 aromatic heterocycles. The van der Waals surface area contributed by atoms with Crippen LogP contribution in [0.25, 0.3) is 0 Å². The number of amidine groups is 1. The smallest absolute Gasteiger partial charge is 0.317 e. The van der Waals surface area contributed by atoms with E-state index in [2.05, 4.69) is 4.99 Å². The summed E-state index contributed by atoms with van der Waals surface area (Å²) in [7, 11) is 3.40. The average molecular weight is 316 g/mol. The van der Waals surface area contributed by atoms with Gasteiger partial charge in [0.25, 0.3) is 6.02 Å². The first-order chi connectivity index (χ1) is 11.2. The summed E-state index contributed by atoms with van der Waals surface area (Å²) in [5.41, 5.74) is 1.09. The second kappa shape index (κ2) is 8.75. The molecule has 0 N–H and O–H groups in total. The Balaban J connectivity index is 2.10. The first-order valence-corrected chi connectivity index (χ1v) is 7.24. The lowest BCUT2D eigenvalue weighted by molar-refractivity contribution is 0.0958. The topological polar surface area (TPSA) is 64.3 Å². The molecule has 0 aliphatic rings. The Labute approximate surface area is 135 Å². The van der Waals surface area contributed by atoms with Crippen molar-refractivity contribution < 1.29 is 18.7 Å². The molecule has 1 aromatic carbocycles. The fourth-order valence-corrected chi connectivity index (χ4v) is 1.91. The number of carbonyl (C=O) groups is 1. The number of ether oxygens (including phenoxy) is 2. The van der Waals surface area contributed by atoms with E-state index in [-0.39, 0.29) is 11.8 Å². The third-order valence-electron chi connectivity index (χ3n) is 3.04. The number of furan rings is 1. The third-order valence-corrected chi connectivity index (χ3v) is 3.04. The highest BCUT2D eigenvalue weighted by molar-refractivity contribution is 5.99. The maximum atomic E-state index is 12.1. The highest BCUT2D eigenvalue weighted by atomic mass is 16.5. The Bertz CT molecular complexity index is 623. The molecule has 6 nitrogen and oxygen atoms in total. The monoisotopic (exact) mass is 316 g/mol. The average Bonchev–Trinajstić information content (AvgIpc) is 3.09. The molecule has 0 bridgehead atoms. The third kappa shape index (κ3) is 5.27. The molecule has 0 saturated carbocycles. The highest BCUT2D eigenvalue weighted by Crippen LogP contribution is 2.07. The van der Waals surface area contributed by atoms with Gasteiger partial charge in [-0.15, -0.1) is 0 Å². The molecule has 1 heterocycles. The molecule has 0 fully saturated rings. The minimum atomic E-state index is -0.484. The van der Waals surface area contributed by atoms with Crippen LogP contribution in [-0.4, -0.2) is 44.2 Å². The molecular weight excluding hydrogens is 296 g/mol. The maximum Gasteiger partial charge on any atom is 0.317 e. The molecule has 122 valence electrons. The summed E-state index contributed by atoms with van der Waals surface area (Å²) in [5, 5.41) is 0. The summed E-state index contributed by atoms with van der Waals surface area (Å²) < 4.78 is 15.6. The number of hydrogen-bond donors (Lipinski definition) is 0. The van der Waals surface area contributed by atoms with Gasteiger partial charge in [-0.05, 0) is 17.7 Å². The molecule has 0 saturated heterocycles. The number of carbonyl (C=O) groups excluding carboxylic acids is 1. The SMILES string of the molecule is COCCOC(=NC(=O)c1ccco1)N(C)Cc1ccccc1. The minimum Gasteiger partial charge on any atom is -0.462 e. The fraction of sp³-hybridized carbons (Fsp3) is 0.294. The van der Waals surface area contributed by atoms with Gasteiger partial charge in [0.05, 0.1) is 12.9 Å². The Hall–Kier alpha value is -2.60. The van der Waals surface area contributed by atoms with Gasteiger partial charge in [-0.1, -0.05) is 30.3 Å².